The van der Waals surface area contributed by atoms with Gasteiger partial charge in [-0.15, -0.1) is 0 Å². The van der Waals surface area contributed by atoms with E-state index in [0.29, 0.717) is 19.3 Å². The average Bonchev–Trinajstić information content (AvgIpc) is 3.28. The van der Waals surface area contributed by atoms with Gasteiger partial charge in [-0.05, 0) is 53.9 Å². The van der Waals surface area contributed by atoms with Crippen LogP contribution < -0.4 is 0 Å². The Morgan fingerprint density at radius 2 is 0.791 bits per heavy atom. The molecular formula is C44H78O23. The van der Waals surface area contributed by atoms with Gasteiger partial charge in [0.05, 0.1) is 36.6 Å². The second-order valence-corrected chi connectivity index (χ2v) is 18.8. The van der Waals surface area contributed by atoms with Gasteiger partial charge < -0.3 is 109 Å². The van der Waals surface area contributed by atoms with E-state index in [1.54, 1.807) is 6.92 Å². The number of aliphatic hydroxyl groups is 11. The van der Waals surface area contributed by atoms with Gasteiger partial charge in [0.15, 0.2) is 31.5 Å². The zero-order valence-electron chi connectivity index (χ0n) is 39.1. The largest absolute Gasteiger partial charge is 0.481 e. The minimum absolute atomic E-state index is 0.167. The fourth-order valence-corrected chi connectivity index (χ4v) is 9.15. The van der Waals surface area contributed by atoms with Gasteiger partial charge in [0, 0.05) is 6.42 Å². The minimum atomic E-state index is -1.89. The highest BCUT2D eigenvalue weighted by Gasteiger charge is 2.56. The summed E-state index contributed by atoms with van der Waals surface area (Å²) in [5.41, 5.74) is 0. The molecule has 0 radical (unpaired) electrons. The summed E-state index contributed by atoms with van der Waals surface area (Å²) in [6, 6.07) is 0. The molecular weight excluding hydrogens is 896 g/mol. The van der Waals surface area contributed by atoms with E-state index in [-0.39, 0.29) is 12.5 Å². The molecule has 5 heterocycles. The number of rotatable bonds is 22. The monoisotopic (exact) mass is 974 g/mol. The van der Waals surface area contributed by atoms with E-state index in [0.717, 1.165) is 44.9 Å². The second-order valence-electron chi connectivity index (χ2n) is 18.8. The van der Waals surface area contributed by atoms with E-state index in [2.05, 4.69) is 0 Å². The summed E-state index contributed by atoms with van der Waals surface area (Å²) >= 11 is 0. The van der Waals surface area contributed by atoms with E-state index in [4.69, 9.17) is 52.5 Å². The van der Waals surface area contributed by atoms with Crippen LogP contribution in [0.1, 0.15) is 112 Å². The van der Waals surface area contributed by atoms with E-state index >= 15 is 0 Å². The molecule has 0 aromatic carbocycles. The van der Waals surface area contributed by atoms with Crippen molar-refractivity contribution in [2.75, 3.05) is 0 Å². The maximum absolute atomic E-state index is 11.7. The van der Waals surface area contributed by atoms with Crippen LogP contribution in [0.25, 0.3) is 0 Å². The van der Waals surface area contributed by atoms with Gasteiger partial charge in [0.2, 0.25) is 0 Å². The lowest BCUT2D eigenvalue weighted by molar-refractivity contribution is -0.405. The zero-order chi connectivity index (χ0) is 49.4. The quantitative estimate of drug-likeness (QED) is 0.0522. The molecule has 5 aliphatic rings. The van der Waals surface area contributed by atoms with Crippen molar-refractivity contribution >= 4 is 5.97 Å². The highest BCUT2D eigenvalue weighted by molar-refractivity contribution is 5.66. The van der Waals surface area contributed by atoms with Gasteiger partial charge in [0.25, 0.3) is 0 Å². The van der Waals surface area contributed by atoms with Crippen molar-refractivity contribution in [3.8, 4) is 0 Å². The van der Waals surface area contributed by atoms with Gasteiger partial charge >= 0.3 is 5.97 Å². The van der Waals surface area contributed by atoms with Gasteiger partial charge in [0.1, 0.15) is 91.6 Å². The minimum Gasteiger partial charge on any atom is -0.481 e. The van der Waals surface area contributed by atoms with Crippen LogP contribution in [0.4, 0.5) is 0 Å². The molecule has 392 valence electrons. The number of hydrogen-bond donors (Lipinski definition) is 12. The molecule has 0 aliphatic carbocycles. The molecule has 5 aliphatic heterocycles. The lowest BCUT2D eigenvalue weighted by atomic mass is 9.95. The van der Waals surface area contributed by atoms with Gasteiger partial charge in [-0.25, -0.2) is 0 Å². The van der Waals surface area contributed by atoms with Gasteiger partial charge in [-0.1, -0.05) is 51.9 Å². The number of unbranched alkanes of at least 4 members (excludes halogenated alkanes) is 6. The SMILES string of the molecule is CCC[C@@H](CCCCCCCCCC(=O)O)O[C@@H]1O[C@H](C)[C@@H](O)[C@H](O)[C@H]1O[C@@H]1O[C@@H](C)[C@H](O[C@@H]2O[C@H](C)[C@@H](O)[C@H](O[C@@H]3O[C@@H](C)[C@H](O)[C@@H](O)[C@H]3O)[C@H]2O[C@@H]2O[C@@H](C)[C@H](O)[C@@H](O)[C@H]2O)[C@@H](O)[C@H]1O. The van der Waals surface area contributed by atoms with Crippen LogP contribution in [0, 0.1) is 0 Å². The third-order valence-corrected chi connectivity index (χ3v) is 13.5. The van der Waals surface area contributed by atoms with Crippen molar-refractivity contribution in [3.05, 3.63) is 0 Å². The number of ether oxygens (including phenoxy) is 10. The maximum Gasteiger partial charge on any atom is 0.303 e. The summed E-state index contributed by atoms with van der Waals surface area (Å²) < 4.78 is 60.3. The molecule has 23 nitrogen and oxygen atoms in total. The first-order valence-electron chi connectivity index (χ1n) is 23.9. The lowest BCUT2D eigenvalue weighted by Crippen LogP contribution is -2.68. The third-order valence-electron chi connectivity index (χ3n) is 13.5. The van der Waals surface area contributed by atoms with E-state index in [1.165, 1.54) is 27.7 Å². The van der Waals surface area contributed by atoms with Crippen LogP contribution >= 0.6 is 0 Å². The van der Waals surface area contributed by atoms with Crippen molar-refractivity contribution in [1.82, 2.24) is 0 Å². The average molecular weight is 975 g/mol. The van der Waals surface area contributed by atoms with E-state index in [1.807, 2.05) is 6.92 Å². The lowest BCUT2D eigenvalue weighted by Gasteiger charge is -2.50. The molecule has 5 saturated heterocycles. The van der Waals surface area contributed by atoms with Crippen molar-refractivity contribution in [2.24, 2.45) is 0 Å². The van der Waals surface area contributed by atoms with Crippen molar-refractivity contribution in [1.29, 1.82) is 0 Å². The molecule has 5 fully saturated rings. The fraction of sp³-hybridized carbons (Fsp3) is 0.977. The van der Waals surface area contributed by atoms with Crippen LogP contribution in [0.3, 0.4) is 0 Å². The van der Waals surface area contributed by atoms with Crippen LogP contribution in [0.2, 0.25) is 0 Å². The summed E-state index contributed by atoms with van der Waals surface area (Å²) in [7, 11) is 0. The maximum atomic E-state index is 11.7. The number of aliphatic carboxylic acids is 1. The zero-order valence-corrected chi connectivity index (χ0v) is 39.1. The van der Waals surface area contributed by atoms with Gasteiger partial charge in [-0.2, -0.15) is 0 Å². The molecule has 12 N–H and O–H groups in total. The Morgan fingerprint density at radius 3 is 1.33 bits per heavy atom. The van der Waals surface area contributed by atoms with Crippen LogP contribution in [0.5, 0.6) is 0 Å². The highest BCUT2D eigenvalue weighted by Crippen LogP contribution is 2.37. The molecule has 67 heavy (non-hydrogen) atoms. The Morgan fingerprint density at radius 1 is 0.403 bits per heavy atom. The standard InChI is InChI=1S/C44H78O23/c1-7-15-23(16-13-11-9-8-10-12-14-17-24(45)46)63-43-38(31(53)27(49)20(4)60-43)66-42-35(57)32(54)36(22(6)62-42)64-44-39(67-41-34(56)30(52)26(48)19(3)59-41)37(28(50)21(5)61-44)65-40-33(55)29(51)25(47)18(2)58-40/h18-23,25-44,47-57H,7-17H2,1-6H3,(H,45,46)/t18-,19-,20+,21+,22-,23-,25-,26-,27+,28+,29+,30+,31-,32-,33+,34+,35+,36-,37-,38+,39+,40-,41-,42-,43-,44-/m0/s1. The first kappa shape index (κ1) is 56.5. The first-order valence-corrected chi connectivity index (χ1v) is 23.9. The number of carboxylic acid groups (broad SMARTS) is 1. The first-order chi connectivity index (χ1) is 31.7. The molecule has 0 aromatic heterocycles. The summed E-state index contributed by atoms with van der Waals surface area (Å²) in [5.74, 6) is -0.793. The number of hydrogen-bond acceptors (Lipinski definition) is 22. The molecule has 0 aromatic rings. The molecule has 0 unspecified atom stereocenters. The van der Waals surface area contributed by atoms with Crippen molar-refractivity contribution in [3.63, 3.8) is 0 Å². The molecule has 5 rings (SSSR count). The summed E-state index contributed by atoms with van der Waals surface area (Å²) in [6.07, 6.45) is -29.9. The topological polar surface area (TPSA) is 352 Å². The molecule has 0 saturated carbocycles. The Labute approximate surface area is 390 Å². The van der Waals surface area contributed by atoms with E-state index < -0.39 is 159 Å². The highest BCUT2D eigenvalue weighted by atomic mass is 16.8. The Hall–Kier alpha value is -1.37. The van der Waals surface area contributed by atoms with E-state index in [9.17, 15) is 61.0 Å². The van der Waals surface area contributed by atoms with Crippen LogP contribution in [-0.4, -0.2) is 227 Å². The molecule has 23 heteroatoms. The van der Waals surface area contributed by atoms with Crippen LogP contribution in [0.15, 0.2) is 0 Å². The Kier molecular flexibility index (Phi) is 21.8. The summed E-state index contributed by atoms with van der Waals surface area (Å²) in [4.78, 5) is 10.8. The number of aliphatic hydroxyl groups excluding tert-OH is 11. The third kappa shape index (κ3) is 14.2. The molecule has 26 atom stereocenters. The van der Waals surface area contributed by atoms with Crippen LogP contribution in [-0.2, 0) is 52.2 Å². The van der Waals surface area contributed by atoms with Gasteiger partial charge in [-0.3, -0.25) is 4.79 Å². The molecule has 0 spiro atoms. The fourth-order valence-electron chi connectivity index (χ4n) is 9.15. The Bertz CT molecular complexity index is 1470. The van der Waals surface area contributed by atoms with Crippen molar-refractivity contribution in [2.45, 2.75) is 272 Å². The molecule has 0 amide bonds. The predicted octanol–water partition coefficient (Wildman–Crippen LogP) is -2.00. The smallest absolute Gasteiger partial charge is 0.303 e. The van der Waals surface area contributed by atoms with Crippen molar-refractivity contribution < 1.29 is 113 Å². The Balaban J connectivity index is 1.29. The number of carbonyl (C=O) groups is 1. The number of carboxylic acids is 1. The summed E-state index contributed by atoms with van der Waals surface area (Å²) in [6.45, 7) is 9.29. The second kappa shape index (κ2) is 25.8. The predicted molar refractivity (Wildman–Crippen MR) is 226 cm³/mol. The summed E-state index contributed by atoms with van der Waals surface area (Å²) in [5, 5.41) is 129. The molecule has 0 bridgehead atoms. The normalized spacial score (nSPS) is 46.9.